The van der Waals surface area contributed by atoms with Gasteiger partial charge in [0.25, 0.3) is 0 Å². The fraction of sp³-hybridized carbons (Fsp3) is 0.379. The van der Waals surface area contributed by atoms with Crippen LogP contribution in [0.2, 0.25) is 0 Å². The molecule has 1 aliphatic rings. The number of benzene rings is 2. The van der Waals surface area contributed by atoms with E-state index in [1.54, 1.807) is 10.6 Å². The van der Waals surface area contributed by atoms with E-state index >= 15 is 4.39 Å². The second-order valence-electron chi connectivity index (χ2n) is 11.2. The molecule has 0 radical (unpaired) electrons. The zero-order valence-electron chi connectivity index (χ0n) is 22.9. The molecule has 3 aromatic rings. The summed E-state index contributed by atoms with van der Waals surface area (Å²) < 4.78 is 23.4. The fourth-order valence-corrected chi connectivity index (χ4v) is 5.80. The van der Waals surface area contributed by atoms with Crippen molar-refractivity contribution in [3.8, 4) is 0 Å². The lowest BCUT2D eigenvalue weighted by molar-refractivity contribution is -0.131. The van der Waals surface area contributed by atoms with E-state index in [9.17, 15) is 9.59 Å². The minimum atomic E-state index is -1.10. The Kier molecular flexibility index (Phi) is 8.65. The Morgan fingerprint density at radius 1 is 1.33 bits per heavy atom. The maximum absolute atomic E-state index is 16.1. The van der Waals surface area contributed by atoms with Gasteiger partial charge in [-0.15, -0.1) is 9.24 Å². The van der Waals surface area contributed by atoms with Crippen LogP contribution < -0.4 is 5.46 Å². The van der Waals surface area contributed by atoms with Crippen molar-refractivity contribution in [2.45, 2.75) is 56.6 Å². The summed E-state index contributed by atoms with van der Waals surface area (Å²) in [5, 5.41) is 9.67. The van der Waals surface area contributed by atoms with Crippen molar-refractivity contribution in [2.24, 2.45) is 0 Å². The van der Waals surface area contributed by atoms with Gasteiger partial charge in [0.05, 0.1) is 17.3 Å². The lowest BCUT2D eigenvalue weighted by Gasteiger charge is -2.45. The average Bonchev–Trinajstić information content (AvgIpc) is 3.15. The van der Waals surface area contributed by atoms with Crippen LogP contribution in [0.3, 0.4) is 0 Å². The third kappa shape index (κ3) is 6.26. The number of fused-ring (bicyclic) bond motifs is 3. The molecular weight excluding hydrogens is 533 g/mol. The number of thiol groups is 1. The zero-order chi connectivity index (χ0) is 28.6. The van der Waals surface area contributed by atoms with Crippen LogP contribution in [-0.4, -0.2) is 64.1 Å². The Hall–Kier alpha value is -2.61. The number of aliphatic carboxylic acids is 1. The molecule has 0 aliphatic carbocycles. The van der Waals surface area contributed by atoms with Gasteiger partial charge in [0.15, 0.2) is 0 Å². The van der Waals surface area contributed by atoms with Gasteiger partial charge in [0, 0.05) is 34.9 Å². The lowest BCUT2D eigenvalue weighted by atomic mass is 9.80. The van der Waals surface area contributed by atoms with E-state index in [1.807, 2.05) is 39.0 Å². The Labute approximate surface area is 237 Å². The molecule has 1 aliphatic heterocycles. The topological polar surface area (TPSA) is 71.8 Å². The van der Waals surface area contributed by atoms with Crippen LogP contribution in [0.25, 0.3) is 17.0 Å². The molecule has 3 unspecified atom stereocenters. The first-order valence-electron chi connectivity index (χ1n) is 13.0. The Balaban J connectivity index is 2.01. The van der Waals surface area contributed by atoms with Gasteiger partial charge in [0.2, 0.25) is 0 Å². The van der Waals surface area contributed by atoms with Crippen molar-refractivity contribution in [1.29, 1.82) is 0 Å². The van der Waals surface area contributed by atoms with E-state index in [4.69, 9.17) is 9.84 Å². The predicted octanol–water partition coefficient (Wildman–Crippen LogP) is 4.43. The molecule has 206 valence electrons. The number of halogens is 1. The van der Waals surface area contributed by atoms with Gasteiger partial charge in [-0.1, -0.05) is 50.5 Å². The van der Waals surface area contributed by atoms with Crippen molar-refractivity contribution in [2.75, 3.05) is 13.2 Å². The Morgan fingerprint density at radius 3 is 2.64 bits per heavy atom. The summed E-state index contributed by atoms with van der Waals surface area (Å²) in [7, 11) is 4.70. The van der Waals surface area contributed by atoms with Gasteiger partial charge >= 0.3 is 12.1 Å². The number of ether oxygens (including phenoxy) is 1. The minimum absolute atomic E-state index is 0.0560. The molecule has 1 aromatic heterocycles. The number of rotatable bonds is 7. The molecule has 2 heterocycles. The molecule has 4 rings (SSSR count). The van der Waals surface area contributed by atoms with E-state index in [1.165, 1.54) is 12.1 Å². The van der Waals surface area contributed by atoms with Crippen LogP contribution in [0.5, 0.6) is 0 Å². The third-order valence-electron chi connectivity index (χ3n) is 6.95. The molecule has 2 aromatic carbocycles. The molecule has 0 spiro atoms. The second kappa shape index (κ2) is 11.5. The van der Waals surface area contributed by atoms with Crippen LogP contribution >= 0.6 is 21.9 Å². The summed E-state index contributed by atoms with van der Waals surface area (Å²) >= 11 is 4.37. The number of nitrogens with zero attached hydrogens (tertiary/aromatic N) is 2. The Bertz CT molecular complexity index is 1430. The number of hydrogen-bond acceptors (Lipinski definition) is 5. The number of para-hydroxylation sites is 1. The fourth-order valence-electron chi connectivity index (χ4n) is 5.52. The van der Waals surface area contributed by atoms with E-state index < -0.39 is 23.9 Å². The maximum atomic E-state index is 16.1. The SMILES string of the molecule is Bc1cc(/C=C/C(=O)O)cc(F)c1C1c2c(c3ccccc3n2C(=O)OCC(C)S)C[C@@H](C)N1CC(C)(C)P. The van der Waals surface area contributed by atoms with Gasteiger partial charge in [-0.05, 0) is 47.8 Å². The number of aromatic nitrogens is 1. The first-order valence-corrected chi connectivity index (χ1v) is 14.1. The number of carbonyl (C=O) groups is 2. The molecule has 6 nitrogen and oxygen atoms in total. The van der Waals surface area contributed by atoms with Crippen molar-refractivity contribution < 1.29 is 23.8 Å². The number of carbonyl (C=O) groups excluding carboxylic acids is 1. The van der Waals surface area contributed by atoms with Gasteiger partial charge < -0.3 is 9.84 Å². The molecule has 0 saturated heterocycles. The molecule has 39 heavy (non-hydrogen) atoms. The number of carboxylic acids is 1. The highest BCUT2D eigenvalue weighted by molar-refractivity contribution is 7.80. The molecule has 0 amide bonds. The third-order valence-corrected chi connectivity index (χ3v) is 7.28. The summed E-state index contributed by atoms with van der Waals surface area (Å²) in [5.41, 5.74) is 4.03. The van der Waals surface area contributed by atoms with Crippen LogP contribution in [0.1, 0.15) is 56.1 Å². The maximum Gasteiger partial charge on any atom is 0.418 e. The van der Waals surface area contributed by atoms with Crippen LogP contribution in [0.4, 0.5) is 9.18 Å². The smallest absolute Gasteiger partial charge is 0.418 e. The molecule has 10 heteroatoms. The van der Waals surface area contributed by atoms with Crippen LogP contribution in [0, 0.1) is 5.82 Å². The lowest BCUT2D eigenvalue weighted by Crippen LogP contribution is -2.49. The van der Waals surface area contributed by atoms with Gasteiger partial charge in [0.1, 0.15) is 20.3 Å². The largest absolute Gasteiger partial charge is 0.478 e. The molecule has 0 bridgehead atoms. The van der Waals surface area contributed by atoms with E-state index in [2.05, 4.69) is 47.5 Å². The second-order valence-corrected chi connectivity index (χ2v) is 13.6. The highest BCUT2D eigenvalue weighted by atomic mass is 32.1. The summed E-state index contributed by atoms with van der Waals surface area (Å²) in [6.07, 6.45) is 2.55. The summed E-state index contributed by atoms with van der Waals surface area (Å²) in [4.78, 5) is 27.0. The van der Waals surface area contributed by atoms with Crippen LogP contribution in [0.15, 0.2) is 42.5 Å². The standard InChI is InChI=1S/C29H35BFN2O4PS/c1-16-11-20-19-7-5-6-8-23(19)33(28(36)37-14-17(2)39)26(20)27(32(16)15-29(3,4)38)25-21(30)12-18(13-22(25)31)9-10-24(34)35/h5-10,12-13,16-17,27,39H,11,14-15,30,38H2,1-4H3,(H,34,35)/b10-9+/t16-,17?,27?/m1/s1. The monoisotopic (exact) mass is 568 g/mol. The normalized spacial score (nSPS) is 18.8. The minimum Gasteiger partial charge on any atom is -0.478 e. The van der Waals surface area contributed by atoms with Crippen molar-refractivity contribution in [3.63, 3.8) is 0 Å². The van der Waals surface area contributed by atoms with Gasteiger partial charge in [-0.3, -0.25) is 4.90 Å². The highest BCUT2D eigenvalue weighted by Crippen LogP contribution is 2.44. The predicted molar refractivity (Wildman–Crippen MR) is 164 cm³/mol. The van der Waals surface area contributed by atoms with Crippen LogP contribution in [-0.2, 0) is 16.0 Å². The molecule has 4 atom stereocenters. The summed E-state index contributed by atoms with van der Waals surface area (Å²) in [6.45, 7) is 8.98. The van der Waals surface area contributed by atoms with Crippen molar-refractivity contribution >= 4 is 64.2 Å². The average molecular weight is 568 g/mol. The highest BCUT2D eigenvalue weighted by Gasteiger charge is 2.42. The number of hydrogen-bond donors (Lipinski definition) is 2. The number of carboxylic acid groups (broad SMARTS) is 1. The van der Waals surface area contributed by atoms with E-state index in [0.29, 0.717) is 35.2 Å². The Morgan fingerprint density at radius 2 is 2.03 bits per heavy atom. The summed E-state index contributed by atoms with van der Waals surface area (Å²) in [5.74, 6) is -1.55. The quantitative estimate of drug-likeness (QED) is 0.191. The summed E-state index contributed by atoms with van der Waals surface area (Å²) in [6, 6.07) is 10.4. The molecule has 1 N–H and O–H groups in total. The van der Waals surface area contributed by atoms with Crippen molar-refractivity contribution in [3.05, 3.63) is 70.7 Å². The van der Waals surface area contributed by atoms with Gasteiger partial charge in [-0.25, -0.2) is 18.5 Å². The van der Waals surface area contributed by atoms with Gasteiger partial charge in [-0.2, -0.15) is 12.6 Å². The van der Waals surface area contributed by atoms with E-state index in [-0.39, 0.29) is 23.1 Å². The zero-order valence-corrected chi connectivity index (χ0v) is 25.0. The van der Waals surface area contributed by atoms with E-state index in [0.717, 1.165) is 22.5 Å². The molecular formula is C29H35BFN2O4PS. The van der Waals surface area contributed by atoms with Crippen molar-refractivity contribution in [1.82, 2.24) is 9.47 Å². The first-order chi connectivity index (χ1) is 18.3. The first kappa shape index (κ1) is 29.4. The molecule has 0 saturated carbocycles. The molecule has 0 fully saturated rings.